The number of benzene rings is 1. The van der Waals surface area contributed by atoms with Gasteiger partial charge >= 0.3 is 0 Å². The van der Waals surface area contributed by atoms with Crippen molar-refractivity contribution in [2.75, 3.05) is 19.4 Å². The molecule has 0 fully saturated rings. The SMILES string of the molecule is CS(=O)(=O)c1cccc(OCCCN=[N+]=[N-])c1. The van der Waals surface area contributed by atoms with E-state index in [4.69, 9.17) is 10.3 Å². The minimum Gasteiger partial charge on any atom is -0.494 e. The van der Waals surface area contributed by atoms with Gasteiger partial charge in [0.25, 0.3) is 0 Å². The van der Waals surface area contributed by atoms with Gasteiger partial charge in [0.1, 0.15) is 5.75 Å². The summed E-state index contributed by atoms with van der Waals surface area (Å²) in [4.78, 5) is 2.84. The van der Waals surface area contributed by atoms with Crippen LogP contribution in [0.3, 0.4) is 0 Å². The zero-order chi connectivity index (χ0) is 12.7. The molecule has 0 aliphatic heterocycles. The molecule has 0 unspecified atom stereocenters. The molecule has 0 aromatic heterocycles. The summed E-state index contributed by atoms with van der Waals surface area (Å²) in [7, 11) is -3.21. The van der Waals surface area contributed by atoms with Crippen LogP contribution >= 0.6 is 0 Å². The van der Waals surface area contributed by atoms with E-state index in [1.807, 2.05) is 0 Å². The third-order valence-electron chi connectivity index (χ3n) is 1.97. The number of ether oxygens (including phenoxy) is 1. The van der Waals surface area contributed by atoms with Crippen LogP contribution in [0.15, 0.2) is 34.3 Å². The maximum Gasteiger partial charge on any atom is 0.175 e. The smallest absolute Gasteiger partial charge is 0.175 e. The Morgan fingerprint density at radius 1 is 1.47 bits per heavy atom. The van der Waals surface area contributed by atoms with E-state index >= 15 is 0 Å². The standard InChI is InChI=1S/C10H13N3O3S/c1-17(14,15)10-5-2-4-9(8-10)16-7-3-6-12-13-11/h2,4-5,8H,3,6-7H2,1H3. The van der Waals surface area contributed by atoms with Crippen molar-refractivity contribution in [2.45, 2.75) is 11.3 Å². The first kappa shape index (κ1) is 13.3. The summed E-state index contributed by atoms with van der Waals surface area (Å²) in [5, 5.41) is 3.36. The van der Waals surface area contributed by atoms with E-state index in [-0.39, 0.29) is 4.90 Å². The molecule has 1 aromatic rings. The molecule has 0 radical (unpaired) electrons. The predicted molar refractivity (Wildman–Crippen MR) is 63.7 cm³/mol. The molecule has 0 aliphatic rings. The van der Waals surface area contributed by atoms with Gasteiger partial charge in [0.15, 0.2) is 9.84 Å². The van der Waals surface area contributed by atoms with Crippen molar-refractivity contribution in [1.29, 1.82) is 0 Å². The first-order chi connectivity index (χ1) is 8.04. The first-order valence-electron chi connectivity index (χ1n) is 4.98. The van der Waals surface area contributed by atoms with Gasteiger partial charge in [-0.1, -0.05) is 11.2 Å². The van der Waals surface area contributed by atoms with Crippen molar-refractivity contribution in [2.24, 2.45) is 5.11 Å². The molecule has 0 bridgehead atoms. The molecule has 0 amide bonds. The Morgan fingerprint density at radius 3 is 2.88 bits per heavy atom. The average Bonchev–Trinajstić information content (AvgIpc) is 2.28. The highest BCUT2D eigenvalue weighted by Crippen LogP contribution is 2.17. The highest BCUT2D eigenvalue weighted by Gasteiger charge is 2.07. The summed E-state index contributed by atoms with van der Waals surface area (Å²) in [6.45, 7) is 0.745. The van der Waals surface area contributed by atoms with Crippen molar-refractivity contribution in [1.82, 2.24) is 0 Å². The minimum atomic E-state index is -3.21. The fourth-order valence-electron chi connectivity index (χ4n) is 1.16. The van der Waals surface area contributed by atoms with Gasteiger partial charge in [-0.25, -0.2) is 8.42 Å². The van der Waals surface area contributed by atoms with E-state index in [0.717, 1.165) is 6.26 Å². The first-order valence-corrected chi connectivity index (χ1v) is 6.87. The van der Waals surface area contributed by atoms with E-state index in [0.29, 0.717) is 25.3 Å². The van der Waals surface area contributed by atoms with Crippen molar-refractivity contribution in [3.63, 3.8) is 0 Å². The molecule has 0 atom stereocenters. The minimum absolute atomic E-state index is 0.227. The maximum absolute atomic E-state index is 11.3. The topological polar surface area (TPSA) is 92.1 Å². The van der Waals surface area contributed by atoms with E-state index in [1.165, 1.54) is 12.1 Å². The molecule has 7 heteroatoms. The summed E-state index contributed by atoms with van der Waals surface area (Å²) >= 11 is 0. The number of azide groups is 1. The molecule has 0 aliphatic carbocycles. The van der Waals surface area contributed by atoms with Crippen LogP contribution in [0.25, 0.3) is 10.4 Å². The lowest BCUT2D eigenvalue weighted by atomic mass is 10.3. The maximum atomic E-state index is 11.3. The molecule has 0 heterocycles. The van der Waals surface area contributed by atoms with Gasteiger partial charge in [-0.2, -0.15) is 0 Å². The average molecular weight is 255 g/mol. The molecule has 1 aromatic carbocycles. The summed E-state index contributed by atoms with van der Waals surface area (Å²) < 4.78 is 27.9. The summed E-state index contributed by atoms with van der Waals surface area (Å²) in [6, 6.07) is 6.30. The van der Waals surface area contributed by atoms with Gasteiger partial charge in [0, 0.05) is 17.7 Å². The number of hydrogen-bond acceptors (Lipinski definition) is 4. The number of hydrogen-bond donors (Lipinski definition) is 0. The number of sulfone groups is 1. The van der Waals surface area contributed by atoms with Crippen molar-refractivity contribution < 1.29 is 13.2 Å². The largest absolute Gasteiger partial charge is 0.494 e. The number of nitrogens with zero attached hydrogens (tertiary/aromatic N) is 3. The van der Waals surface area contributed by atoms with Crippen molar-refractivity contribution >= 4 is 9.84 Å². The second-order valence-corrected chi connectivity index (χ2v) is 5.42. The van der Waals surface area contributed by atoms with Gasteiger partial charge in [-0.05, 0) is 30.2 Å². The van der Waals surface area contributed by atoms with Crippen LogP contribution in [0.5, 0.6) is 5.75 Å². The van der Waals surface area contributed by atoms with Crippen LogP contribution in [0.4, 0.5) is 0 Å². The van der Waals surface area contributed by atoms with Gasteiger partial charge in [0.05, 0.1) is 11.5 Å². The molecule has 0 saturated heterocycles. The van der Waals surface area contributed by atoms with Crippen LogP contribution in [0.1, 0.15) is 6.42 Å². The van der Waals surface area contributed by atoms with E-state index < -0.39 is 9.84 Å². The van der Waals surface area contributed by atoms with Crippen molar-refractivity contribution in [3.8, 4) is 5.75 Å². The molecule has 92 valence electrons. The molecule has 0 N–H and O–H groups in total. The Bertz CT molecular complexity index is 521. The number of rotatable bonds is 6. The Morgan fingerprint density at radius 2 is 2.24 bits per heavy atom. The summed E-state index contributed by atoms with van der Waals surface area (Å²) in [6.07, 6.45) is 1.74. The van der Waals surface area contributed by atoms with Gasteiger partial charge in [0.2, 0.25) is 0 Å². The highest BCUT2D eigenvalue weighted by atomic mass is 32.2. The Hall–Kier alpha value is -1.72. The fraction of sp³-hybridized carbons (Fsp3) is 0.400. The molecule has 0 saturated carbocycles. The molecule has 0 spiro atoms. The lowest BCUT2D eigenvalue weighted by Gasteiger charge is -2.06. The molecular weight excluding hydrogens is 242 g/mol. The summed E-state index contributed by atoms with van der Waals surface area (Å²) in [5.41, 5.74) is 8.06. The van der Waals surface area contributed by atoms with Crippen LogP contribution in [-0.4, -0.2) is 27.8 Å². The van der Waals surface area contributed by atoms with Crippen molar-refractivity contribution in [3.05, 3.63) is 34.7 Å². The molecule has 6 nitrogen and oxygen atoms in total. The molecular formula is C10H13N3O3S. The lowest BCUT2D eigenvalue weighted by Crippen LogP contribution is -2.01. The zero-order valence-electron chi connectivity index (χ0n) is 9.41. The fourth-order valence-corrected chi connectivity index (χ4v) is 1.82. The third-order valence-corrected chi connectivity index (χ3v) is 3.08. The predicted octanol–water partition coefficient (Wildman–Crippen LogP) is 2.17. The Balaban J connectivity index is 2.58. The second-order valence-electron chi connectivity index (χ2n) is 3.40. The zero-order valence-corrected chi connectivity index (χ0v) is 10.2. The monoisotopic (exact) mass is 255 g/mol. The van der Waals surface area contributed by atoms with Crippen LogP contribution in [-0.2, 0) is 9.84 Å². The van der Waals surface area contributed by atoms with Gasteiger partial charge in [-0.15, -0.1) is 0 Å². The van der Waals surface area contributed by atoms with Crippen LogP contribution in [0.2, 0.25) is 0 Å². The van der Waals surface area contributed by atoms with Crippen LogP contribution in [0, 0.1) is 0 Å². The quantitative estimate of drug-likeness (QED) is 0.337. The Labute approximate surface area is 99.8 Å². The van der Waals surface area contributed by atoms with Gasteiger partial charge in [-0.3, -0.25) is 0 Å². The highest BCUT2D eigenvalue weighted by molar-refractivity contribution is 7.90. The Kier molecular flexibility index (Phi) is 4.81. The summed E-state index contributed by atoms with van der Waals surface area (Å²) in [5.74, 6) is 0.494. The normalized spacial score (nSPS) is 10.6. The van der Waals surface area contributed by atoms with E-state index in [2.05, 4.69) is 10.0 Å². The van der Waals surface area contributed by atoms with Crippen LogP contribution < -0.4 is 4.74 Å². The van der Waals surface area contributed by atoms with E-state index in [1.54, 1.807) is 12.1 Å². The molecule has 1 rings (SSSR count). The molecule has 17 heavy (non-hydrogen) atoms. The third kappa shape index (κ3) is 4.76. The van der Waals surface area contributed by atoms with E-state index in [9.17, 15) is 8.42 Å². The second kappa shape index (κ2) is 6.12. The lowest BCUT2D eigenvalue weighted by molar-refractivity contribution is 0.312. The van der Waals surface area contributed by atoms with Gasteiger partial charge < -0.3 is 4.74 Å².